The zero-order chi connectivity index (χ0) is 18.0. The maximum absolute atomic E-state index is 12.7. The van der Waals surface area contributed by atoms with Gasteiger partial charge in [-0.15, -0.1) is 0 Å². The van der Waals surface area contributed by atoms with Crippen molar-refractivity contribution in [2.24, 2.45) is 5.92 Å². The topological polar surface area (TPSA) is 88.5 Å². The summed E-state index contributed by atoms with van der Waals surface area (Å²) in [5.74, 6) is 0.300. The van der Waals surface area contributed by atoms with Gasteiger partial charge in [-0.05, 0) is 38.5 Å². The summed E-state index contributed by atoms with van der Waals surface area (Å²) in [6, 6.07) is 0.350. The molecule has 2 atom stereocenters. The molecule has 0 aromatic rings. The third kappa shape index (κ3) is 3.90. The van der Waals surface area contributed by atoms with Gasteiger partial charge in [0.25, 0.3) is 0 Å². The molecule has 0 unspecified atom stereocenters. The van der Waals surface area contributed by atoms with E-state index in [-0.39, 0.29) is 23.8 Å². The van der Waals surface area contributed by atoms with Crippen molar-refractivity contribution in [3.05, 3.63) is 0 Å². The van der Waals surface area contributed by atoms with E-state index in [9.17, 15) is 9.59 Å². The fourth-order valence-electron chi connectivity index (χ4n) is 4.40. The van der Waals surface area contributed by atoms with Crippen LogP contribution in [0.3, 0.4) is 0 Å². The largest absolute Gasteiger partial charge is 0.350 e. The van der Waals surface area contributed by atoms with Gasteiger partial charge in [0, 0.05) is 26.2 Å². The SMILES string of the molecule is CN1C(=N)N[C@](C)([C@@H]2CCCN(C(=O)NC3CCCCC3)C2)CC1=O. The Morgan fingerprint density at radius 1 is 1.24 bits per heavy atom. The van der Waals surface area contributed by atoms with Gasteiger partial charge in [0.15, 0.2) is 5.96 Å². The Kier molecular flexibility index (Phi) is 5.20. The zero-order valence-corrected chi connectivity index (χ0v) is 15.4. The van der Waals surface area contributed by atoms with Crippen LogP contribution in [0.1, 0.15) is 58.3 Å². The molecular weight excluding hydrogens is 318 g/mol. The van der Waals surface area contributed by atoms with E-state index in [0.717, 1.165) is 32.2 Å². The van der Waals surface area contributed by atoms with Crippen LogP contribution in [-0.4, -0.2) is 59.4 Å². The third-order valence-electron chi connectivity index (χ3n) is 6.17. The Balaban J connectivity index is 1.61. The van der Waals surface area contributed by atoms with Crippen molar-refractivity contribution < 1.29 is 9.59 Å². The highest BCUT2D eigenvalue weighted by atomic mass is 16.2. The second kappa shape index (κ2) is 7.22. The van der Waals surface area contributed by atoms with E-state index in [0.29, 0.717) is 19.0 Å². The maximum atomic E-state index is 12.7. The minimum atomic E-state index is -0.454. The molecule has 7 heteroatoms. The molecule has 3 rings (SSSR count). The number of hydrogen-bond donors (Lipinski definition) is 3. The second-order valence-electron chi connectivity index (χ2n) is 8.09. The monoisotopic (exact) mass is 349 g/mol. The number of hydrogen-bond acceptors (Lipinski definition) is 3. The number of carbonyl (C=O) groups excluding carboxylic acids is 2. The number of carbonyl (C=O) groups is 2. The first-order valence-corrected chi connectivity index (χ1v) is 9.58. The molecule has 7 nitrogen and oxygen atoms in total. The molecule has 0 bridgehead atoms. The van der Waals surface area contributed by atoms with Crippen molar-refractivity contribution in [1.82, 2.24) is 20.4 Å². The maximum Gasteiger partial charge on any atom is 0.317 e. The highest BCUT2D eigenvalue weighted by Gasteiger charge is 2.44. The van der Waals surface area contributed by atoms with Crippen molar-refractivity contribution in [3.8, 4) is 0 Å². The number of rotatable bonds is 2. The van der Waals surface area contributed by atoms with Gasteiger partial charge in [0.2, 0.25) is 5.91 Å². The predicted octanol–water partition coefficient (Wildman–Crippen LogP) is 1.89. The fourth-order valence-corrected chi connectivity index (χ4v) is 4.40. The summed E-state index contributed by atoms with van der Waals surface area (Å²) in [5, 5.41) is 14.4. The van der Waals surface area contributed by atoms with Gasteiger partial charge in [0.1, 0.15) is 0 Å². The summed E-state index contributed by atoms with van der Waals surface area (Å²) in [5.41, 5.74) is -0.454. The molecule has 0 aromatic carbocycles. The van der Waals surface area contributed by atoms with E-state index in [2.05, 4.69) is 10.6 Å². The molecule has 2 heterocycles. The Hall–Kier alpha value is -1.79. The highest BCUT2D eigenvalue weighted by molar-refractivity contribution is 5.98. The summed E-state index contributed by atoms with van der Waals surface area (Å²) in [4.78, 5) is 28.1. The van der Waals surface area contributed by atoms with Crippen LogP contribution in [-0.2, 0) is 4.79 Å². The van der Waals surface area contributed by atoms with Crippen LogP contribution in [0.15, 0.2) is 0 Å². The van der Waals surface area contributed by atoms with E-state index in [1.54, 1.807) is 7.05 Å². The minimum Gasteiger partial charge on any atom is -0.350 e. The van der Waals surface area contributed by atoms with Crippen LogP contribution in [0.25, 0.3) is 0 Å². The molecule has 3 amide bonds. The molecule has 3 fully saturated rings. The van der Waals surface area contributed by atoms with E-state index in [1.807, 2.05) is 11.8 Å². The molecule has 1 saturated carbocycles. The van der Waals surface area contributed by atoms with E-state index < -0.39 is 5.54 Å². The molecule has 3 aliphatic rings. The summed E-state index contributed by atoms with van der Waals surface area (Å²) in [6.07, 6.45) is 8.13. The fraction of sp³-hybridized carbons (Fsp3) is 0.833. The van der Waals surface area contributed by atoms with Gasteiger partial charge in [-0.3, -0.25) is 15.1 Å². The lowest BCUT2D eigenvalue weighted by molar-refractivity contribution is -0.130. The lowest BCUT2D eigenvalue weighted by Crippen LogP contribution is -2.65. The summed E-state index contributed by atoms with van der Waals surface area (Å²) < 4.78 is 0. The molecule has 25 heavy (non-hydrogen) atoms. The van der Waals surface area contributed by atoms with Gasteiger partial charge >= 0.3 is 6.03 Å². The van der Waals surface area contributed by atoms with E-state index in [4.69, 9.17) is 5.41 Å². The third-order valence-corrected chi connectivity index (χ3v) is 6.17. The second-order valence-corrected chi connectivity index (χ2v) is 8.09. The van der Waals surface area contributed by atoms with Crippen LogP contribution in [0.4, 0.5) is 4.79 Å². The van der Waals surface area contributed by atoms with Crippen molar-refractivity contribution in [2.45, 2.75) is 69.9 Å². The van der Waals surface area contributed by atoms with Gasteiger partial charge in [-0.25, -0.2) is 4.79 Å². The van der Waals surface area contributed by atoms with Gasteiger partial charge in [-0.1, -0.05) is 19.3 Å². The van der Waals surface area contributed by atoms with Crippen LogP contribution in [0, 0.1) is 11.3 Å². The molecule has 0 radical (unpaired) electrons. The molecule has 3 N–H and O–H groups in total. The first kappa shape index (κ1) is 18.0. The Bertz CT molecular complexity index is 526. The molecule has 0 aromatic heterocycles. The average Bonchev–Trinajstić information content (AvgIpc) is 2.60. The lowest BCUT2D eigenvalue weighted by atomic mass is 9.76. The van der Waals surface area contributed by atoms with Crippen LogP contribution in [0.2, 0.25) is 0 Å². The van der Waals surface area contributed by atoms with Crippen molar-refractivity contribution >= 4 is 17.9 Å². The molecule has 1 aliphatic carbocycles. The van der Waals surface area contributed by atoms with Crippen molar-refractivity contribution in [2.75, 3.05) is 20.1 Å². The first-order chi connectivity index (χ1) is 11.9. The number of amides is 3. The Morgan fingerprint density at radius 3 is 2.64 bits per heavy atom. The molecule has 140 valence electrons. The normalized spacial score (nSPS) is 31.7. The highest BCUT2D eigenvalue weighted by Crippen LogP contribution is 2.32. The lowest BCUT2D eigenvalue weighted by Gasteiger charge is -2.47. The molecule has 0 spiro atoms. The van der Waals surface area contributed by atoms with E-state index in [1.165, 1.54) is 24.2 Å². The Labute approximate surface area is 150 Å². The standard InChI is InChI=1S/C18H31N5O2/c1-18(11-15(24)22(2)16(19)21-18)13-7-6-10-23(12-13)17(25)20-14-8-4-3-5-9-14/h13-14H,3-12H2,1-2H3,(H2,19,21)(H,20,25)/t13-,18+/m1/s1. The quantitative estimate of drug-likeness (QED) is 0.711. The van der Waals surface area contributed by atoms with Gasteiger partial charge < -0.3 is 15.5 Å². The number of urea groups is 1. The van der Waals surface area contributed by atoms with Crippen LogP contribution >= 0.6 is 0 Å². The predicted molar refractivity (Wildman–Crippen MR) is 96.4 cm³/mol. The van der Waals surface area contributed by atoms with Crippen LogP contribution in [0.5, 0.6) is 0 Å². The number of nitrogens with one attached hydrogen (secondary N) is 3. The van der Waals surface area contributed by atoms with Crippen molar-refractivity contribution in [1.29, 1.82) is 5.41 Å². The smallest absolute Gasteiger partial charge is 0.317 e. The molecule has 2 saturated heterocycles. The number of guanidine groups is 1. The minimum absolute atomic E-state index is 0.0324. The summed E-state index contributed by atoms with van der Waals surface area (Å²) >= 11 is 0. The summed E-state index contributed by atoms with van der Waals surface area (Å²) in [6.45, 7) is 3.43. The van der Waals surface area contributed by atoms with E-state index >= 15 is 0 Å². The van der Waals surface area contributed by atoms with Crippen LogP contribution < -0.4 is 10.6 Å². The van der Waals surface area contributed by atoms with Crippen molar-refractivity contribution in [3.63, 3.8) is 0 Å². The molecular formula is C18H31N5O2. The molecule has 2 aliphatic heterocycles. The Morgan fingerprint density at radius 2 is 1.96 bits per heavy atom. The van der Waals surface area contributed by atoms with Gasteiger partial charge in [-0.2, -0.15) is 0 Å². The number of piperidine rings is 1. The average molecular weight is 349 g/mol. The van der Waals surface area contributed by atoms with Gasteiger partial charge in [0.05, 0.1) is 12.0 Å². The summed E-state index contributed by atoms with van der Waals surface area (Å²) in [7, 11) is 1.63. The zero-order valence-electron chi connectivity index (χ0n) is 15.4. The number of nitrogens with zero attached hydrogens (tertiary/aromatic N) is 2. The number of likely N-dealkylation sites (tertiary alicyclic amines) is 1. The first-order valence-electron chi connectivity index (χ1n) is 9.58.